The second-order valence-corrected chi connectivity index (χ2v) is 8.18. The summed E-state index contributed by atoms with van der Waals surface area (Å²) in [5, 5.41) is 3.67. The maximum Gasteiger partial charge on any atom is 0.243 e. The zero-order valence-electron chi connectivity index (χ0n) is 17.5. The van der Waals surface area contributed by atoms with Crippen molar-refractivity contribution in [3.05, 3.63) is 70.7 Å². The Morgan fingerprint density at radius 2 is 1.66 bits per heavy atom. The second kappa shape index (κ2) is 11.6. The molecule has 1 atom stereocenters. The highest BCUT2D eigenvalue weighted by atomic mass is 35.5. The Morgan fingerprint density at radius 1 is 1.00 bits per heavy atom. The molecule has 0 radical (unpaired) electrons. The highest BCUT2D eigenvalue weighted by Crippen LogP contribution is 2.18. The molecule has 2 aromatic rings. The van der Waals surface area contributed by atoms with Crippen molar-refractivity contribution in [2.75, 3.05) is 6.54 Å². The topological polar surface area (TPSA) is 49.4 Å². The van der Waals surface area contributed by atoms with E-state index in [1.807, 2.05) is 61.5 Å². The third-order valence-electron chi connectivity index (χ3n) is 4.69. The van der Waals surface area contributed by atoms with Gasteiger partial charge in [-0.15, -0.1) is 0 Å². The number of hydrogen-bond donors (Lipinski definition) is 1. The number of nitrogens with one attached hydrogen (secondary N) is 1. The summed E-state index contributed by atoms with van der Waals surface area (Å²) in [6.07, 6.45) is 1.63. The molecular formula is C24H31ClN2O2. The van der Waals surface area contributed by atoms with Crippen LogP contribution in [0.4, 0.5) is 0 Å². The first-order chi connectivity index (χ1) is 13.9. The summed E-state index contributed by atoms with van der Waals surface area (Å²) in [6.45, 7) is 7.05. The molecule has 0 aliphatic heterocycles. The van der Waals surface area contributed by atoms with Gasteiger partial charge in [0.2, 0.25) is 11.8 Å². The number of benzene rings is 2. The van der Waals surface area contributed by atoms with E-state index in [1.165, 1.54) is 0 Å². The van der Waals surface area contributed by atoms with Gasteiger partial charge >= 0.3 is 0 Å². The molecule has 0 saturated carbocycles. The molecule has 2 aromatic carbocycles. The normalized spacial score (nSPS) is 11.9. The van der Waals surface area contributed by atoms with E-state index in [2.05, 4.69) is 19.2 Å². The highest BCUT2D eigenvalue weighted by Gasteiger charge is 2.29. The summed E-state index contributed by atoms with van der Waals surface area (Å²) >= 11 is 6.01. The van der Waals surface area contributed by atoms with Crippen molar-refractivity contribution >= 4 is 23.4 Å². The van der Waals surface area contributed by atoms with Crippen LogP contribution in [0.5, 0.6) is 0 Å². The fourth-order valence-corrected chi connectivity index (χ4v) is 3.25. The van der Waals surface area contributed by atoms with Gasteiger partial charge in [-0.05, 0) is 35.6 Å². The van der Waals surface area contributed by atoms with Crippen LogP contribution in [0.3, 0.4) is 0 Å². The SMILES string of the molecule is CCCC(=O)N(Cc1ccc(Cl)cc1)[C@H](Cc1ccccc1)C(=O)NCC(C)C. The Bertz CT molecular complexity index is 775. The molecule has 0 bridgehead atoms. The van der Waals surface area contributed by atoms with E-state index in [1.54, 1.807) is 4.90 Å². The number of hydrogen-bond acceptors (Lipinski definition) is 2. The molecule has 0 aromatic heterocycles. The molecule has 2 amide bonds. The van der Waals surface area contributed by atoms with Gasteiger partial charge in [-0.1, -0.05) is 74.8 Å². The maximum atomic E-state index is 13.1. The molecule has 0 fully saturated rings. The predicted octanol–water partition coefficient (Wildman–Crippen LogP) is 4.85. The van der Waals surface area contributed by atoms with E-state index >= 15 is 0 Å². The molecule has 156 valence electrons. The van der Waals surface area contributed by atoms with Gasteiger partial charge in [-0.2, -0.15) is 0 Å². The summed E-state index contributed by atoms with van der Waals surface area (Å²) in [7, 11) is 0. The average Bonchev–Trinajstić information content (AvgIpc) is 2.71. The number of nitrogens with zero attached hydrogens (tertiary/aromatic N) is 1. The molecule has 4 nitrogen and oxygen atoms in total. The Labute approximate surface area is 179 Å². The molecule has 0 spiro atoms. The standard InChI is InChI=1S/C24H31ClN2O2/c1-4-8-23(28)27(17-20-11-13-21(25)14-12-20)22(24(29)26-16-18(2)3)15-19-9-6-5-7-10-19/h5-7,9-14,18,22H,4,8,15-17H2,1-3H3,(H,26,29)/t22-/m1/s1. The quantitative estimate of drug-likeness (QED) is 0.604. The summed E-state index contributed by atoms with van der Waals surface area (Å²) < 4.78 is 0. The van der Waals surface area contributed by atoms with Crippen molar-refractivity contribution in [1.29, 1.82) is 0 Å². The van der Waals surface area contributed by atoms with Crippen LogP contribution >= 0.6 is 11.6 Å². The minimum Gasteiger partial charge on any atom is -0.354 e. The summed E-state index contributed by atoms with van der Waals surface area (Å²) in [5.74, 6) is 0.219. The molecule has 0 unspecified atom stereocenters. The Hall–Kier alpha value is -2.33. The van der Waals surface area contributed by atoms with Crippen LogP contribution in [-0.2, 0) is 22.6 Å². The number of rotatable bonds is 10. The van der Waals surface area contributed by atoms with Gasteiger partial charge in [0.15, 0.2) is 0 Å². The van der Waals surface area contributed by atoms with Crippen LogP contribution in [0, 0.1) is 5.92 Å². The predicted molar refractivity (Wildman–Crippen MR) is 119 cm³/mol. The van der Waals surface area contributed by atoms with E-state index in [4.69, 9.17) is 11.6 Å². The second-order valence-electron chi connectivity index (χ2n) is 7.74. The van der Waals surface area contributed by atoms with E-state index < -0.39 is 6.04 Å². The third-order valence-corrected chi connectivity index (χ3v) is 4.94. The Morgan fingerprint density at radius 3 is 2.24 bits per heavy atom. The van der Waals surface area contributed by atoms with Crippen LogP contribution in [-0.4, -0.2) is 29.3 Å². The zero-order chi connectivity index (χ0) is 21.2. The molecule has 2 rings (SSSR count). The Balaban J connectivity index is 2.33. The van der Waals surface area contributed by atoms with Crippen LogP contribution < -0.4 is 5.32 Å². The van der Waals surface area contributed by atoms with Gasteiger partial charge in [0.25, 0.3) is 0 Å². The van der Waals surface area contributed by atoms with Crippen molar-refractivity contribution in [3.63, 3.8) is 0 Å². The number of carbonyl (C=O) groups excluding carboxylic acids is 2. The summed E-state index contributed by atoms with van der Waals surface area (Å²) in [6, 6.07) is 16.7. The minimum atomic E-state index is -0.564. The van der Waals surface area contributed by atoms with Crippen LogP contribution in [0.25, 0.3) is 0 Å². The van der Waals surface area contributed by atoms with Gasteiger partial charge < -0.3 is 10.2 Å². The monoisotopic (exact) mass is 414 g/mol. The number of carbonyl (C=O) groups is 2. The largest absolute Gasteiger partial charge is 0.354 e. The van der Waals surface area contributed by atoms with Crippen LogP contribution in [0.1, 0.15) is 44.7 Å². The molecular weight excluding hydrogens is 384 g/mol. The van der Waals surface area contributed by atoms with Crippen molar-refractivity contribution in [2.24, 2.45) is 5.92 Å². The molecule has 29 heavy (non-hydrogen) atoms. The van der Waals surface area contributed by atoms with E-state index in [0.717, 1.165) is 17.5 Å². The van der Waals surface area contributed by atoms with Gasteiger partial charge in [0.05, 0.1) is 0 Å². The first kappa shape index (κ1) is 23.0. The minimum absolute atomic E-state index is 0.0110. The van der Waals surface area contributed by atoms with Crippen molar-refractivity contribution < 1.29 is 9.59 Å². The lowest BCUT2D eigenvalue weighted by molar-refractivity contribution is -0.141. The smallest absolute Gasteiger partial charge is 0.243 e. The molecule has 0 heterocycles. The fourth-order valence-electron chi connectivity index (χ4n) is 3.12. The zero-order valence-corrected chi connectivity index (χ0v) is 18.3. The van der Waals surface area contributed by atoms with Gasteiger partial charge in [-0.3, -0.25) is 9.59 Å². The lowest BCUT2D eigenvalue weighted by Gasteiger charge is -2.32. The Kier molecular flexibility index (Phi) is 9.20. The fraction of sp³-hybridized carbons (Fsp3) is 0.417. The third kappa shape index (κ3) is 7.54. The lowest BCUT2D eigenvalue weighted by atomic mass is 10.0. The first-order valence-electron chi connectivity index (χ1n) is 10.3. The molecule has 0 aliphatic carbocycles. The van der Waals surface area contributed by atoms with Crippen molar-refractivity contribution in [3.8, 4) is 0 Å². The molecule has 0 aliphatic rings. The average molecular weight is 415 g/mol. The maximum absolute atomic E-state index is 13.1. The number of halogens is 1. The van der Waals surface area contributed by atoms with Gasteiger partial charge in [-0.25, -0.2) is 0 Å². The van der Waals surface area contributed by atoms with E-state index in [-0.39, 0.29) is 11.8 Å². The first-order valence-corrected chi connectivity index (χ1v) is 10.6. The molecule has 0 saturated heterocycles. The molecule has 5 heteroatoms. The van der Waals surface area contributed by atoms with Crippen LogP contribution in [0.15, 0.2) is 54.6 Å². The van der Waals surface area contributed by atoms with Crippen LogP contribution in [0.2, 0.25) is 5.02 Å². The van der Waals surface area contributed by atoms with E-state index in [9.17, 15) is 9.59 Å². The van der Waals surface area contributed by atoms with Gasteiger partial charge in [0.1, 0.15) is 6.04 Å². The number of amides is 2. The highest BCUT2D eigenvalue weighted by molar-refractivity contribution is 6.30. The lowest BCUT2D eigenvalue weighted by Crippen LogP contribution is -2.51. The van der Waals surface area contributed by atoms with Crippen molar-refractivity contribution in [1.82, 2.24) is 10.2 Å². The summed E-state index contributed by atoms with van der Waals surface area (Å²) in [5.41, 5.74) is 1.98. The van der Waals surface area contributed by atoms with E-state index in [0.29, 0.717) is 36.9 Å². The summed E-state index contributed by atoms with van der Waals surface area (Å²) in [4.78, 5) is 27.8. The molecule has 1 N–H and O–H groups in total. The van der Waals surface area contributed by atoms with Gasteiger partial charge in [0, 0.05) is 31.0 Å². The van der Waals surface area contributed by atoms with Crippen molar-refractivity contribution in [2.45, 2.75) is 52.6 Å².